The van der Waals surface area contributed by atoms with E-state index in [2.05, 4.69) is 30.8 Å². The molecule has 22 heavy (non-hydrogen) atoms. The summed E-state index contributed by atoms with van der Waals surface area (Å²) in [4.78, 5) is 18.6. The smallest absolute Gasteiger partial charge is 0.256 e. The second-order valence-corrected chi connectivity index (χ2v) is 4.40. The Morgan fingerprint density at radius 2 is 2.18 bits per heavy atom. The van der Waals surface area contributed by atoms with Gasteiger partial charge in [-0.1, -0.05) is 12.1 Å². The van der Waals surface area contributed by atoms with Crippen LogP contribution in [0.5, 0.6) is 0 Å². The van der Waals surface area contributed by atoms with Crippen LogP contribution in [0.25, 0.3) is 0 Å². The van der Waals surface area contributed by atoms with Crippen molar-refractivity contribution >= 4 is 11.7 Å². The molecule has 2 N–H and O–H groups in total. The number of H-pyrrole nitrogens is 1. The van der Waals surface area contributed by atoms with Gasteiger partial charge in [0.2, 0.25) is 0 Å². The third-order valence-corrected chi connectivity index (χ3v) is 2.94. The summed E-state index contributed by atoms with van der Waals surface area (Å²) in [7, 11) is 0. The van der Waals surface area contributed by atoms with Crippen LogP contribution in [0.1, 0.15) is 21.6 Å². The number of nitrogens with zero attached hydrogens (tertiary/aromatic N) is 6. The van der Waals surface area contributed by atoms with Crippen LogP contribution in [-0.2, 0) is 6.54 Å². The first-order valence-electron chi connectivity index (χ1n) is 6.31. The Kier molecular flexibility index (Phi) is 3.57. The molecule has 2 heterocycles. The molecule has 0 atom stereocenters. The van der Waals surface area contributed by atoms with Crippen molar-refractivity contribution in [1.82, 2.24) is 30.2 Å². The molecule has 0 saturated carbocycles. The molecule has 0 aliphatic rings. The minimum atomic E-state index is -0.336. The number of carbonyl (C=O) groups is 1. The first-order valence-corrected chi connectivity index (χ1v) is 6.31. The lowest BCUT2D eigenvalue weighted by atomic mass is 10.1. The Bertz CT molecular complexity index is 813. The Balaban J connectivity index is 1.70. The van der Waals surface area contributed by atoms with Gasteiger partial charge in [-0.15, -0.1) is 5.10 Å². The molecule has 108 valence electrons. The van der Waals surface area contributed by atoms with E-state index in [4.69, 9.17) is 5.26 Å². The minimum Gasteiger partial charge on any atom is -0.335 e. The van der Waals surface area contributed by atoms with Crippen molar-refractivity contribution in [1.29, 1.82) is 5.26 Å². The SMILES string of the molecule is N#Cc1[nH]cnc1NC(=O)c1ccc(Cn2cnnn2)cc1. The number of nitrogens with one attached hydrogen (secondary N) is 2. The molecule has 0 spiro atoms. The number of anilines is 1. The predicted octanol–water partition coefficient (Wildman–Crippen LogP) is 0.568. The Labute approximate surface area is 124 Å². The van der Waals surface area contributed by atoms with Gasteiger partial charge in [-0.25, -0.2) is 9.67 Å². The van der Waals surface area contributed by atoms with Crippen LogP contribution in [0.15, 0.2) is 36.9 Å². The summed E-state index contributed by atoms with van der Waals surface area (Å²) in [6, 6.07) is 8.91. The van der Waals surface area contributed by atoms with E-state index in [1.165, 1.54) is 12.7 Å². The zero-order valence-corrected chi connectivity index (χ0v) is 11.3. The van der Waals surface area contributed by atoms with Crippen molar-refractivity contribution in [3.05, 3.63) is 53.7 Å². The number of benzene rings is 1. The summed E-state index contributed by atoms with van der Waals surface area (Å²) < 4.78 is 1.58. The van der Waals surface area contributed by atoms with E-state index in [-0.39, 0.29) is 17.4 Å². The lowest BCUT2D eigenvalue weighted by molar-refractivity contribution is 0.102. The summed E-state index contributed by atoms with van der Waals surface area (Å²) in [5.74, 6) is -0.122. The number of amides is 1. The Morgan fingerprint density at radius 3 is 2.86 bits per heavy atom. The van der Waals surface area contributed by atoms with Gasteiger partial charge in [0.15, 0.2) is 11.5 Å². The minimum absolute atomic E-state index is 0.212. The fourth-order valence-electron chi connectivity index (χ4n) is 1.86. The maximum atomic E-state index is 12.1. The van der Waals surface area contributed by atoms with Gasteiger partial charge >= 0.3 is 0 Å². The first-order chi connectivity index (χ1) is 10.8. The van der Waals surface area contributed by atoms with E-state index in [9.17, 15) is 4.79 Å². The molecule has 9 nitrogen and oxygen atoms in total. The van der Waals surface area contributed by atoms with Crippen LogP contribution in [0, 0.1) is 11.3 Å². The number of imidazole rings is 1. The van der Waals surface area contributed by atoms with E-state index in [1.54, 1.807) is 16.8 Å². The molecule has 0 aliphatic heterocycles. The summed E-state index contributed by atoms with van der Waals surface area (Å²) in [6.07, 6.45) is 2.87. The van der Waals surface area contributed by atoms with Gasteiger partial charge in [0.05, 0.1) is 12.9 Å². The fourth-order valence-corrected chi connectivity index (χ4v) is 1.86. The lowest BCUT2D eigenvalue weighted by Crippen LogP contribution is -2.13. The molecule has 0 bridgehead atoms. The van der Waals surface area contributed by atoms with Gasteiger partial charge in [0.25, 0.3) is 5.91 Å². The standard InChI is InChI=1S/C13H10N8O/c14-5-11-12(16-7-15-11)18-13(22)10-3-1-9(2-4-10)6-21-8-17-19-20-21/h1-4,7-8H,6H2,(H,15,16)(H,18,22). The van der Waals surface area contributed by atoms with E-state index < -0.39 is 0 Å². The molecule has 9 heteroatoms. The second kappa shape index (κ2) is 5.84. The number of aromatic nitrogens is 6. The van der Waals surface area contributed by atoms with Crippen LogP contribution in [0.4, 0.5) is 5.82 Å². The average Bonchev–Trinajstić information content (AvgIpc) is 3.19. The van der Waals surface area contributed by atoms with Gasteiger partial charge in [0.1, 0.15) is 12.4 Å². The van der Waals surface area contributed by atoms with Crippen LogP contribution in [0.2, 0.25) is 0 Å². The van der Waals surface area contributed by atoms with Crippen molar-refractivity contribution < 1.29 is 4.79 Å². The van der Waals surface area contributed by atoms with Crippen molar-refractivity contribution in [2.75, 3.05) is 5.32 Å². The maximum Gasteiger partial charge on any atom is 0.256 e. The molecule has 2 aromatic heterocycles. The summed E-state index contributed by atoms with van der Waals surface area (Å²) >= 11 is 0. The lowest BCUT2D eigenvalue weighted by Gasteiger charge is -2.04. The molecular formula is C13H10N8O. The van der Waals surface area contributed by atoms with E-state index in [1.807, 2.05) is 18.2 Å². The topological polar surface area (TPSA) is 125 Å². The maximum absolute atomic E-state index is 12.1. The Morgan fingerprint density at radius 1 is 1.36 bits per heavy atom. The van der Waals surface area contributed by atoms with Crippen LogP contribution in [0.3, 0.4) is 0 Å². The number of nitriles is 1. The number of aromatic amines is 1. The highest BCUT2D eigenvalue weighted by Gasteiger charge is 2.11. The average molecular weight is 294 g/mol. The number of hydrogen-bond donors (Lipinski definition) is 2. The summed E-state index contributed by atoms with van der Waals surface area (Å²) in [5.41, 5.74) is 1.64. The predicted molar refractivity (Wildman–Crippen MR) is 74.6 cm³/mol. The molecule has 0 aliphatic carbocycles. The summed E-state index contributed by atoms with van der Waals surface area (Å²) in [5, 5.41) is 22.3. The van der Waals surface area contributed by atoms with Gasteiger partial charge in [-0.05, 0) is 28.1 Å². The highest BCUT2D eigenvalue weighted by atomic mass is 16.1. The number of rotatable bonds is 4. The third kappa shape index (κ3) is 2.80. The van der Waals surface area contributed by atoms with E-state index >= 15 is 0 Å². The normalized spacial score (nSPS) is 10.1. The van der Waals surface area contributed by atoms with Gasteiger partial charge in [-0.3, -0.25) is 4.79 Å². The van der Waals surface area contributed by atoms with Crippen LogP contribution >= 0.6 is 0 Å². The largest absolute Gasteiger partial charge is 0.335 e. The molecule has 0 saturated heterocycles. The zero-order chi connectivity index (χ0) is 15.4. The first kappa shape index (κ1) is 13.4. The van der Waals surface area contributed by atoms with Crippen molar-refractivity contribution in [2.45, 2.75) is 6.54 Å². The number of carbonyl (C=O) groups excluding carboxylic acids is 1. The van der Waals surface area contributed by atoms with Crippen molar-refractivity contribution in [3.63, 3.8) is 0 Å². The molecular weight excluding hydrogens is 284 g/mol. The third-order valence-electron chi connectivity index (χ3n) is 2.94. The molecule has 3 rings (SSSR count). The van der Waals surface area contributed by atoms with Crippen LogP contribution < -0.4 is 5.32 Å². The zero-order valence-electron chi connectivity index (χ0n) is 11.3. The highest BCUT2D eigenvalue weighted by Crippen LogP contribution is 2.11. The highest BCUT2D eigenvalue weighted by molar-refractivity contribution is 6.04. The quantitative estimate of drug-likeness (QED) is 0.724. The molecule has 1 aromatic carbocycles. The monoisotopic (exact) mass is 294 g/mol. The van der Waals surface area contributed by atoms with Gasteiger partial charge < -0.3 is 10.3 Å². The molecule has 0 fully saturated rings. The number of hydrogen-bond acceptors (Lipinski definition) is 6. The fraction of sp³-hybridized carbons (Fsp3) is 0.0769. The second-order valence-electron chi connectivity index (χ2n) is 4.40. The Hall–Kier alpha value is -3.54. The van der Waals surface area contributed by atoms with Gasteiger partial charge in [0, 0.05) is 5.56 Å². The van der Waals surface area contributed by atoms with Crippen molar-refractivity contribution in [3.8, 4) is 6.07 Å². The van der Waals surface area contributed by atoms with Gasteiger partial charge in [-0.2, -0.15) is 5.26 Å². The van der Waals surface area contributed by atoms with Crippen LogP contribution in [-0.4, -0.2) is 36.1 Å². The van der Waals surface area contributed by atoms with Crippen molar-refractivity contribution in [2.24, 2.45) is 0 Å². The van der Waals surface area contributed by atoms with E-state index in [0.717, 1.165) is 5.56 Å². The molecule has 0 radical (unpaired) electrons. The molecule has 1 amide bonds. The molecule has 3 aromatic rings. The summed E-state index contributed by atoms with van der Waals surface area (Å²) in [6.45, 7) is 0.521. The van der Waals surface area contributed by atoms with E-state index in [0.29, 0.717) is 12.1 Å². The number of tetrazole rings is 1. The molecule has 0 unspecified atom stereocenters.